The summed E-state index contributed by atoms with van der Waals surface area (Å²) in [6.07, 6.45) is 1.85. The molecule has 0 aliphatic carbocycles. The molecule has 5 aromatic carbocycles. The summed E-state index contributed by atoms with van der Waals surface area (Å²) in [5, 5.41) is 14.2. The number of aromatic hydroxyl groups is 1. The van der Waals surface area contributed by atoms with Gasteiger partial charge in [-0.1, -0.05) is 111 Å². The zero-order valence-corrected chi connectivity index (χ0v) is 30.1. The smallest absolute Gasteiger partial charge is 0.143 e. The first kappa shape index (κ1) is 31.8. The number of hydrogen-bond donors (Lipinski definition) is 1. The monoisotopic (exact) mass is 809 g/mol. The molecule has 0 spiro atoms. The molecule has 3 heterocycles. The quantitative estimate of drug-likeness (QED) is 0.180. The van der Waals surface area contributed by atoms with Crippen molar-refractivity contribution < 1.29 is 30.6 Å². The number of rotatable bonds is 4. The van der Waals surface area contributed by atoms with E-state index in [4.69, 9.17) is 14.4 Å². The second kappa shape index (κ2) is 11.8. The van der Waals surface area contributed by atoms with E-state index < -0.39 is 0 Å². The van der Waals surface area contributed by atoms with Gasteiger partial charge in [0.2, 0.25) is 0 Å². The Balaban J connectivity index is 0.00000364. The molecule has 0 aliphatic heterocycles. The number of hydrogen-bond acceptors (Lipinski definition) is 4. The van der Waals surface area contributed by atoms with Gasteiger partial charge in [-0.25, -0.2) is 4.98 Å². The zero-order chi connectivity index (χ0) is 32.6. The van der Waals surface area contributed by atoms with Crippen LogP contribution in [0.4, 0.5) is 0 Å². The van der Waals surface area contributed by atoms with Crippen molar-refractivity contribution in [3.8, 4) is 39.4 Å². The molecule has 1 N–H and O–H groups in total. The number of benzene rings is 5. The summed E-state index contributed by atoms with van der Waals surface area (Å²) in [6.45, 7) is 11.0. The van der Waals surface area contributed by atoms with Crippen LogP contribution in [-0.2, 0) is 33.5 Å². The number of fused-ring (bicyclic) bond motifs is 5. The van der Waals surface area contributed by atoms with Crippen molar-refractivity contribution in [3.05, 3.63) is 114 Å². The van der Waals surface area contributed by atoms with Gasteiger partial charge in [0.1, 0.15) is 17.2 Å². The topological polar surface area (TPSA) is 64.1 Å². The first-order valence-electron chi connectivity index (χ1n) is 16.1. The molecule has 3 aromatic heterocycles. The van der Waals surface area contributed by atoms with Crippen LogP contribution in [0.2, 0.25) is 0 Å². The summed E-state index contributed by atoms with van der Waals surface area (Å²) in [4.78, 5) is 10.1. The van der Waals surface area contributed by atoms with Crippen molar-refractivity contribution in [2.75, 3.05) is 0 Å². The summed E-state index contributed by atoms with van der Waals surface area (Å²) >= 11 is 0. The van der Waals surface area contributed by atoms with E-state index in [0.29, 0.717) is 17.3 Å². The van der Waals surface area contributed by atoms with E-state index in [1.807, 2.05) is 43.6 Å². The molecular formula is C42H36N3O2Pt-. The fourth-order valence-corrected chi connectivity index (χ4v) is 6.69. The second-order valence-corrected chi connectivity index (χ2v) is 13.8. The number of aromatic nitrogens is 3. The van der Waals surface area contributed by atoms with Crippen LogP contribution in [0, 0.1) is 6.07 Å². The van der Waals surface area contributed by atoms with E-state index in [1.165, 1.54) is 5.56 Å². The molecule has 0 saturated carbocycles. The summed E-state index contributed by atoms with van der Waals surface area (Å²) in [7, 11) is 2.01. The number of phenols is 1. The maximum atomic E-state index is 11.0. The van der Waals surface area contributed by atoms with Crippen LogP contribution in [-0.4, -0.2) is 19.6 Å². The molecule has 242 valence electrons. The number of nitrogens with zero attached hydrogens (tertiary/aromatic N) is 3. The Labute approximate surface area is 294 Å². The number of aryl methyl sites for hydroxylation is 1. The van der Waals surface area contributed by atoms with E-state index >= 15 is 0 Å². The SMILES string of the molecule is CC(C)c1cc(-c2[c-]c(-c3cccc4c3nc(-c3cc(C(C)(C)C)ccc3O)n4C)cc3c2oc2ccccc23)c2ncccc2c1.[Pt]. The van der Waals surface area contributed by atoms with Crippen molar-refractivity contribution in [2.45, 2.75) is 46.0 Å². The van der Waals surface area contributed by atoms with E-state index in [0.717, 1.165) is 71.7 Å². The number of imidazole rings is 1. The molecule has 0 atom stereocenters. The normalized spacial score (nSPS) is 12.1. The third-order valence-electron chi connectivity index (χ3n) is 9.38. The molecule has 8 aromatic rings. The average Bonchev–Trinajstić information content (AvgIpc) is 3.61. The van der Waals surface area contributed by atoms with Crippen LogP contribution in [0.1, 0.15) is 51.7 Å². The molecular weight excluding hydrogens is 774 g/mol. The van der Waals surface area contributed by atoms with Crippen LogP contribution in [0.5, 0.6) is 5.75 Å². The Kier molecular flexibility index (Phi) is 7.80. The molecule has 0 unspecified atom stereocenters. The van der Waals surface area contributed by atoms with Crippen molar-refractivity contribution in [1.82, 2.24) is 14.5 Å². The van der Waals surface area contributed by atoms with Crippen LogP contribution < -0.4 is 0 Å². The van der Waals surface area contributed by atoms with Crippen LogP contribution in [0.15, 0.2) is 102 Å². The van der Waals surface area contributed by atoms with Gasteiger partial charge < -0.3 is 14.1 Å². The van der Waals surface area contributed by atoms with Gasteiger partial charge in [0.15, 0.2) is 0 Å². The average molecular weight is 810 g/mol. The van der Waals surface area contributed by atoms with Gasteiger partial charge >= 0.3 is 0 Å². The summed E-state index contributed by atoms with van der Waals surface area (Å²) in [5.41, 5.74) is 11.1. The number of phenolic OH excluding ortho intramolecular Hbond substituents is 1. The largest absolute Gasteiger partial charge is 0.507 e. The molecule has 5 nitrogen and oxygen atoms in total. The van der Waals surface area contributed by atoms with E-state index in [2.05, 4.69) is 99.8 Å². The molecule has 0 fully saturated rings. The molecule has 0 radical (unpaired) electrons. The van der Waals surface area contributed by atoms with Crippen LogP contribution in [0.25, 0.3) is 77.5 Å². The third-order valence-corrected chi connectivity index (χ3v) is 9.38. The fraction of sp³-hybridized carbons (Fsp3) is 0.190. The van der Waals surface area contributed by atoms with Crippen molar-refractivity contribution >= 4 is 43.9 Å². The maximum absolute atomic E-state index is 11.0. The van der Waals surface area contributed by atoms with Gasteiger partial charge in [-0.05, 0) is 58.0 Å². The van der Waals surface area contributed by atoms with Crippen LogP contribution in [0.3, 0.4) is 0 Å². The Hall–Kier alpha value is -4.73. The summed E-state index contributed by atoms with van der Waals surface area (Å²) < 4.78 is 8.66. The van der Waals surface area contributed by atoms with Gasteiger partial charge in [-0.15, -0.1) is 17.7 Å². The summed E-state index contributed by atoms with van der Waals surface area (Å²) in [5.74, 6) is 1.26. The predicted molar refractivity (Wildman–Crippen MR) is 193 cm³/mol. The standard InChI is InChI=1S/C42H36N3O2.Pt/c1-24(2)26-19-25-11-10-18-43-38(25)31(20-26)33-22-27(21-32-30-12-7-8-15-37(30)47-40(32)33)29-13-9-14-35-39(29)44-41(45(35)6)34-23-28(42(3,4)5)16-17-36(34)46;/h7-21,23-24,46H,1-6H3;/q-1;. The van der Waals surface area contributed by atoms with Crippen molar-refractivity contribution in [3.63, 3.8) is 0 Å². The first-order chi connectivity index (χ1) is 22.6. The van der Waals surface area contributed by atoms with Gasteiger partial charge in [0, 0.05) is 45.2 Å². The van der Waals surface area contributed by atoms with Gasteiger partial charge in [-0.3, -0.25) is 4.98 Å². The molecule has 0 saturated heterocycles. The number of furan rings is 1. The Morgan fingerprint density at radius 1 is 0.812 bits per heavy atom. The minimum atomic E-state index is -0.0712. The van der Waals surface area contributed by atoms with E-state index in [1.54, 1.807) is 6.07 Å². The van der Waals surface area contributed by atoms with Crippen LogP contribution >= 0.6 is 0 Å². The summed E-state index contributed by atoms with van der Waals surface area (Å²) in [6, 6.07) is 34.8. The molecule has 8 rings (SSSR count). The maximum Gasteiger partial charge on any atom is 0.143 e. The minimum Gasteiger partial charge on any atom is -0.507 e. The first-order valence-corrected chi connectivity index (χ1v) is 16.1. The molecule has 0 amide bonds. The van der Waals surface area contributed by atoms with E-state index in [-0.39, 0.29) is 32.2 Å². The molecule has 6 heteroatoms. The van der Waals surface area contributed by atoms with Gasteiger partial charge in [-0.2, -0.15) is 0 Å². The third kappa shape index (κ3) is 5.12. The molecule has 0 bridgehead atoms. The number of para-hydroxylation sites is 2. The fourth-order valence-electron chi connectivity index (χ4n) is 6.69. The molecule has 0 aliphatic rings. The predicted octanol–water partition coefficient (Wildman–Crippen LogP) is 10.9. The molecule has 48 heavy (non-hydrogen) atoms. The Morgan fingerprint density at radius 3 is 2.42 bits per heavy atom. The zero-order valence-electron chi connectivity index (χ0n) is 27.8. The number of pyridine rings is 1. The van der Waals surface area contributed by atoms with Crippen molar-refractivity contribution in [2.24, 2.45) is 7.05 Å². The minimum absolute atomic E-state index is 0. The second-order valence-electron chi connectivity index (χ2n) is 13.8. The Morgan fingerprint density at radius 2 is 1.62 bits per heavy atom. The van der Waals surface area contributed by atoms with Gasteiger partial charge in [0.05, 0.1) is 22.2 Å². The van der Waals surface area contributed by atoms with Gasteiger partial charge in [0.25, 0.3) is 0 Å². The van der Waals surface area contributed by atoms with E-state index in [9.17, 15) is 5.11 Å². The van der Waals surface area contributed by atoms with Crippen molar-refractivity contribution in [1.29, 1.82) is 0 Å². The Bertz CT molecular complexity index is 2520.